The fourth-order valence-corrected chi connectivity index (χ4v) is 5.76. The number of halogens is 1. The van der Waals surface area contributed by atoms with Gasteiger partial charge in [0.25, 0.3) is 0 Å². The van der Waals surface area contributed by atoms with Gasteiger partial charge in [-0.25, -0.2) is 9.37 Å². The quantitative estimate of drug-likeness (QED) is 0.124. The first-order valence-electron chi connectivity index (χ1n) is 16.1. The molecule has 0 fully saturated rings. The van der Waals surface area contributed by atoms with Gasteiger partial charge in [0.05, 0.1) is 6.61 Å². The number of fused-ring (bicyclic) bond motifs is 3. The molecule has 2 heterocycles. The maximum absolute atomic E-state index is 13.6. The second-order valence-electron chi connectivity index (χ2n) is 11.3. The summed E-state index contributed by atoms with van der Waals surface area (Å²) >= 11 is 0. The van der Waals surface area contributed by atoms with Gasteiger partial charge in [-0.2, -0.15) is 0 Å². The molecular weight excluding hydrogens is 545 g/mol. The molecule has 5 rings (SSSR count). The number of pyridine rings is 1. The molecule has 0 bridgehead atoms. The number of benzene rings is 3. The Morgan fingerprint density at radius 2 is 1.68 bits per heavy atom. The van der Waals surface area contributed by atoms with Crippen molar-refractivity contribution < 1.29 is 9.13 Å². The van der Waals surface area contributed by atoms with E-state index < -0.39 is 0 Å². The molecule has 0 aliphatic heterocycles. The summed E-state index contributed by atoms with van der Waals surface area (Å²) in [5.74, 6) is 0.639. The van der Waals surface area contributed by atoms with Gasteiger partial charge in [0.2, 0.25) is 0 Å². The summed E-state index contributed by atoms with van der Waals surface area (Å²) in [5, 5.41) is 2.33. The average Bonchev–Trinajstić information content (AvgIpc) is 3.41. The highest BCUT2D eigenvalue weighted by Crippen LogP contribution is 2.31. The van der Waals surface area contributed by atoms with E-state index in [2.05, 4.69) is 85.3 Å². The molecule has 1 unspecified atom stereocenters. The number of hydrogen-bond donors (Lipinski definition) is 1. The first kappa shape index (κ1) is 31.2. The Morgan fingerprint density at radius 1 is 0.864 bits per heavy atom. The molecule has 0 saturated heterocycles. The van der Waals surface area contributed by atoms with Gasteiger partial charge in [0.1, 0.15) is 17.2 Å². The Balaban J connectivity index is 1.25. The van der Waals surface area contributed by atoms with Crippen molar-refractivity contribution in [1.82, 2.24) is 14.9 Å². The van der Waals surface area contributed by atoms with Crippen LogP contribution in [0.25, 0.3) is 45.2 Å². The first-order valence-corrected chi connectivity index (χ1v) is 16.1. The van der Waals surface area contributed by atoms with Crippen molar-refractivity contribution in [2.75, 3.05) is 19.7 Å². The number of nitrogens with zero attached hydrogens (tertiary/aromatic N) is 2. The lowest BCUT2D eigenvalue weighted by Gasteiger charge is -2.27. The van der Waals surface area contributed by atoms with E-state index in [0.29, 0.717) is 6.61 Å². The number of ether oxygens (including phenoxy) is 1. The van der Waals surface area contributed by atoms with Crippen molar-refractivity contribution in [3.8, 4) is 16.9 Å². The lowest BCUT2D eigenvalue weighted by molar-refractivity contribution is 0.207. The highest BCUT2D eigenvalue weighted by molar-refractivity contribution is 6.07. The van der Waals surface area contributed by atoms with Crippen LogP contribution < -0.4 is 4.74 Å². The zero-order valence-corrected chi connectivity index (χ0v) is 26.2. The fourth-order valence-electron chi connectivity index (χ4n) is 5.76. The molecule has 1 atom stereocenters. The van der Waals surface area contributed by atoms with E-state index >= 15 is 0 Å². The van der Waals surface area contributed by atoms with Gasteiger partial charge >= 0.3 is 0 Å². The molecule has 1 N–H and O–H groups in total. The Labute approximate surface area is 261 Å². The van der Waals surface area contributed by atoms with Crippen molar-refractivity contribution in [2.24, 2.45) is 0 Å². The zero-order valence-electron chi connectivity index (χ0n) is 26.2. The van der Waals surface area contributed by atoms with Crippen LogP contribution in [-0.2, 0) is 0 Å². The predicted octanol–water partition coefficient (Wildman–Crippen LogP) is 10.3. The largest absolute Gasteiger partial charge is 0.494 e. The second-order valence-corrected chi connectivity index (χ2v) is 11.3. The van der Waals surface area contributed by atoms with Crippen molar-refractivity contribution >= 4 is 34.1 Å². The van der Waals surface area contributed by atoms with Crippen LogP contribution in [0.2, 0.25) is 0 Å². The molecule has 44 heavy (non-hydrogen) atoms. The van der Waals surface area contributed by atoms with Crippen molar-refractivity contribution in [3.63, 3.8) is 0 Å². The van der Waals surface area contributed by atoms with E-state index in [1.165, 1.54) is 30.7 Å². The van der Waals surface area contributed by atoms with Crippen LogP contribution >= 0.6 is 0 Å². The molecule has 0 aliphatic carbocycles. The highest BCUT2D eigenvalue weighted by Gasteiger charge is 2.13. The molecular formula is C39H44FN3O. The van der Waals surface area contributed by atoms with Gasteiger partial charge in [0.15, 0.2) is 0 Å². The number of H-pyrrole nitrogens is 1. The van der Waals surface area contributed by atoms with E-state index in [0.717, 1.165) is 70.5 Å². The van der Waals surface area contributed by atoms with Crippen LogP contribution in [0.3, 0.4) is 0 Å². The summed E-state index contributed by atoms with van der Waals surface area (Å²) in [4.78, 5) is 10.6. The van der Waals surface area contributed by atoms with E-state index in [-0.39, 0.29) is 11.9 Å². The lowest BCUT2D eigenvalue weighted by Crippen LogP contribution is -2.34. The van der Waals surface area contributed by atoms with Crippen LogP contribution in [0.15, 0.2) is 91.1 Å². The maximum atomic E-state index is 13.6. The summed E-state index contributed by atoms with van der Waals surface area (Å²) in [6, 6.07) is 24.0. The molecule has 0 radical (unpaired) electrons. The van der Waals surface area contributed by atoms with Crippen LogP contribution in [0.4, 0.5) is 4.39 Å². The van der Waals surface area contributed by atoms with Crippen LogP contribution in [0.5, 0.6) is 5.75 Å². The van der Waals surface area contributed by atoms with E-state index in [1.54, 1.807) is 12.1 Å². The number of unbranched alkanes of at least 4 members (excludes halogenated alkanes) is 3. The fraction of sp³-hybridized carbons (Fsp3) is 0.308. The van der Waals surface area contributed by atoms with Crippen LogP contribution in [-0.4, -0.2) is 40.6 Å². The molecule has 0 aliphatic rings. The Bertz CT molecular complexity index is 1700. The van der Waals surface area contributed by atoms with Gasteiger partial charge in [-0.1, -0.05) is 88.2 Å². The molecule has 0 spiro atoms. The topological polar surface area (TPSA) is 41.1 Å². The Morgan fingerprint density at radius 3 is 2.45 bits per heavy atom. The standard InChI is InChI=1S/C39H44FN3O/c1-4-7-8-9-10-12-30-26-37-36-27-32(18-22-38(36)42-39(37)41-28-30)31-16-20-35(21-17-31)44-24-23-34(43(5-2)6-3)19-15-29-13-11-14-33(40)25-29/h10-22,25-28,34H,4-9,23-24H2,1-3H3,(H,41,42). The van der Waals surface area contributed by atoms with Crippen LogP contribution in [0.1, 0.15) is 64.0 Å². The Kier molecular flexibility index (Phi) is 11.0. The molecule has 2 aromatic heterocycles. The minimum atomic E-state index is -0.216. The molecule has 0 amide bonds. The van der Waals surface area contributed by atoms with Crippen molar-refractivity contribution in [2.45, 2.75) is 58.9 Å². The lowest BCUT2D eigenvalue weighted by atomic mass is 10.0. The van der Waals surface area contributed by atoms with Gasteiger partial charge < -0.3 is 9.72 Å². The SMILES string of the molecule is CCCCCC=Cc1cnc2[nH]c3ccc(-c4ccc(OCCC(C=Cc5cccc(F)c5)N(CC)CC)cc4)cc3c2c1. The molecule has 5 aromatic rings. The average molecular weight is 590 g/mol. The third-order valence-electron chi connectivity index (χ3n) is 8.27. The summed E-state index contributed by atoms with van der Waals surface area (Å²) in [5.41, 5.74) is 6.32. The highest BCUT2D eigenvalue weighted by atomic mass is 19.1. The van der Waals surface area contributed by atoms with E-state index in [4.69, 9.17) is 9.72 Å². The van der Waals surface area contributed by atoms with Gasteiger partial charge in [-0.15, -0.1) is 0 Å². The molecule has 3 aromatic carbocycles. The molecule has 5 heteroatoms. The van der Waals surface area contributed by atoms with Crippen LogP contribution in [0, 0.1) is 5.82 Å². The number of aromatic amines is 1. The van der Waals surface area contributed by atoms with Crippen molar-refractivity contribution in [3.05, 3.63) is 108 Å². The smallest absolute Gasteiger partial charge is 0.138 e. The minimum Gasteiger partial charge on any atom is -0.494 e. The van der Waals surface area contributed by atoms with Gasteiger partial charge in [-0.05, 0) is 90.6 Å². The third-order valence-corrected chi connectivity index (χ3v) is 8.27. The van der Waals surface area contributed by atoms with E-state index in [9.17, 15) is 4.39 Å². The first-order chi connectivity index (χ1) is 21.6. The molecule has 228 valence electrons. The number of allylic oxidation sites excluding steroid dienone is 1. The number of aromatic nitrogens is 2. The summed E-state index contributed by atoms with van der Waals surface area (Å²) in [6.07, 6.45) is 16.3. The summed E-state index contributed by atoms with van der Waals surface area (Å²) < 4.78 is 19.8. The number of rotatable bonds is 15. The summed E-state index contributed by atoms with van der Waals surface area (Å²) in [7, 11) is 0. The number of hydrogen-bond acceptors (Lipinski definition) is 3. The predicted molar refractivity (Wildman–Crippen MR) is 184 cm³/mol. The minimum absolute atomic E-state index is 0.210. The van der Waals surface area contributed by atoms with E-state index in [1.807, 2.05) is 30.5 Å². The zero-order chi connectivity index (χ0) is 30.7. The van der Waals surface area contributed by atoms with Gasteiger partial charge in [0, 0.05) is 34.9 Å². The number of likely N-dealkylation sites (N-methyl/N-ethyl adjacent to an activating group) is 1. The Hall–Kier alpha value is -4.22. The summed E-state index contributed by atoms with van der Waals surface area (Å²) in [6.45, 7) is 9.05. The monoisotopic (exact) mass is 589 g/mol. The third kappa shape index (κ3) is 8.03. The number of nitrogens with one attached hydrogen (secondary N) is 1. The van der Waals surface area contributed by atoms with Gasteiger partial charge in [-0.3, -0.25) is 4.90 Å². The molecule has 4 nitrogen and oxygen atoms in total. The normalized spacial score (nSPS) is 12.8. The van der Waals surface area contributed by atoms with Crippen molar-refractivity contribution in [1.29, 1.82) is 0 Å². The molecule has 0 saturated carbocycles. The maximum Gasteiger partial charge on any atom is 0.138 e. The second kappa shape index (κ2) is 15.5.